The molecule has 1 atom stereocenters. The molecular formula is C17H23FN2O3. The third kappa shape index (κ3) is 8.11. The first kappa shape index (κ1) is 18.8. The van der Waals surface area contributed by atoms with E-state index in [2.05, 4.69) is 10.6 Å². The molecule has 0 radical (unpaired) electrons. The van der Waals surface area contributed by atoms with Gasteiger partial charge in [-0.2, -0.15) is 0 Å². The van der Waals surface area contributed by atoms with Crippen LogP contribution in [0, 0.1) is 11.2 Å². The van der Waals surface area contributed by atoms with Crippen LogP contribution in [-0.2, 0) is 9.59 Å². The standard InChI is InChI=1S/C17H23FN2O3/c1-12(21)10-17(2,3)11-19-15(22)8-9-16(23)20-14-6-4-13(18)5-7-14/h4-9,12,21H,10-11H2,1-3H3,(H,19,22)(H,20,23)/b9-8+. The molecule has 1 rings (SSSR count). The van der Waals surface area contributed by atoms with E-state index in [1.807, 2.05) is 13.8 Å². The van der Waals surface area contributed by atoms with Gasteiger partial charge in [-0.1, -0.05) is 13.8 Å². The lowest BCUT2D eigenvalue weighted by atomic mass is 9.87. The molecule has 23 heavy (non-hydrogen) atoms. The van der Waals surface area contributed by atoms with Crippen molar-refractivity contribution in [3.05, 3.63) is 42.2 Å². The Labute approximate surface area is 135 Å². The number of hydrogen-bond donors (Lipinski definition) is 3. The van der Waals surface area contributed by atoms with Crippen molar-refractivity contribution in [3.8, 4) is 0 Å². The third-order valence-electron chi connectivity index (χ3n) is 3.09. The predicted octanol–water partition coefficient (Wildman–Crippen LogP) is 2.23. The maximum atomic E-state index is 12.7. The summed E-state index contributed by atoms with van der Waals surface area (Å²) in [5.41, 5.74) is 0.202. The van der Waals surface area contributed by atoms with Crippen LogP contribution in [0.5, 0.6) is 0 Å². The summed E-state index contributed by atoms with van der Waals surface area (Å²) in [5, 5.41) is 14.6. The highest BCUT2D eigenvalue weighted by Crippen LogP contribution is 2.20. The van der Waals surface area contributed by atoms with E-state index in [-0.39, 0.29) is 5.41 Å². The second kappa shape index (κ2) is 8.43. The van der Waals surface area contributed by atoms with Crippen molar-refractivity contribution in [3.63, 3.8) is 0 Å². The summed E-state index contributed by atoms with van der Waals surface area (Å²) in [6, 6.07) is 5.33. The number of aliphatic hydroxyl groups excluding tert-OH is 1. The van der Waals surface area contributed by atoms with Crippen LogP contribution in [0.25, 0.3) is 0 Å². The monoisotopic (exact) mass is 322 g/mol. The number of aliphatic hydroxyl groups is 1. The van der Waals surface area contributed by atoms with Gasteiger partial charge in [0.1, 0.15) is 5.82 Å². The van der Waals surface area contributed by atoms with Gasteiger partial charge in [-0.3, -0.25) is 9.59 Å². The molecule has 1 aromatic rings. The zero-order chi connectivity index (χ0) is 17.5. The van der Waals surface area contributed by atoms with Crippen LogP contribution >= 0.6 is 0 Å². The first-order valence-corrected chi connectivity index (χ1v) is 7.38. The van der Waals surface area contributed by atoms with Crippen molar-refractivity contribution in [1.82, 2.24) is 5.32 Å². The Morgan fingerprint density at radius 1 is 1.22 bits per heavy atom. The fourth-order valence-electron chi connectivity index (χ4n) is 2.13. The summed E-state index contributed by atoms with van der Waals surface area (Å²) in [5.74, 6) is -1.26. The minimum atomic E-state index is -0.477. The summed E-state index contributed by atoms with van der Waals surface area (Å²) in [7, 11) is 0. The third-order valence-corrected chi connectivity index (χ3v) is 3.09. The molecule has 0 heterocycles. The van der Waals surface area contributed by atoms with Crippen molar-refractivity contribution < 1.29 is 19.1 Å². The Morgan fingerprint density at radius 2 is 1.78 bits per heavy atom. The van der Waals surface area contributed by atoms with Crippen molar-refractivity contribution >= 4 is 17.5 Å². The largest absolute Gasteiger partial charge is 0.393 e. The van der Waals surface area contributed by atoms with Gasteiger partial charge >= 0.3 is 0 Å². The van der Waals surface area contributed by atoms with Crippen LogP contribution in [0.3, 0.4) is 0 Å². The van der Waals surface area contributed by atoms with Crippen LogP contribution < -0.4 is 10.6 Å². The number of anilines is 1. The smallest absolute Gasteiger partial charge is 0.248 e. The number of carbonyl (C=O) groups is 2. The van der Waals surface area contributed by atoms with Crippen molar-refractivity contribution in [2.24, 2.45) is 5.41 Å². The van der Waals surface area contributed by atoms with Crippen LogP contribution in [0.2, 0.25) is 0 Å². The van der Waals surface area contributed by atoms with Crippen molar-refractivity contribution in [2.75, 3.05) is 11.9 Å². The molecule has 126 valence electrons. The maximum absolute atomic E-state index is 12.7. The second-order valence-electron chi connectivity index (χ2n) is 6.26. The molecule has 1 unspecified atom stereocenters. The molecule has 0 saturated heterocycles. The lowest BCUT2D eigenvalue weighted by Crippen LogP contribution is -2.35. The Bertz CT molecular complexity index is 566. The predicted molar refractivity (Wildman–Crippen MR) is 87.3 cm³/mol. The molecule has 0 aliphatic heterocycles. The topological polar surface area (TPSA) is 78.4 Å². The van der Waals surface area contributed by atoms with E-state index in [1.54, 1.807) is 6.92 Å². The highest BCUT2D eigenvalue weighted by molar-refractivity contribution is 6.03. The van der Waals surface area contributed by atoms with Gasteiger partial charge in [-0.25, -0.2) is 4.39 Å². The lowest BCUT2D eigenvalue weighted by molar-refractivity contribution is -0.117. The van der Waals surface area contributed by atoms with Crippen LogP contribution in [0.1, 0.15) is 27.2 Å². The molecule has 0 aliphatic rings. The Kier molecular flexibility index (Phi) is 6.90. The summed E-state index contributed by atoms with van der Waals surface area (Å²) in [6.45, 7) is 5.96. The number of amides is 2. The number of nitrogens with one attached hydrogen (secondary N) is 2. The summed E-state index contributed by atoms with van der Waals surface area (Å²) < 4.78 is 12.7. The van der Waals surface area contributed by atoms with E-state index in [4.69, 9.17) is 0 Å². The Balaban J connectivity index is 2.42. The fraction of sp³-hybridized carbons (Fsp3) is 0.412. The molecule has 0 aromatic heterocycles. The zero-order valence-electron chi connectivity index (χ0n) is 13.6. The molecule has 2 amide bonds. The lowest BCUT2D eigenvalue weighted by Gasteiger charge is -2.26. The number of halogens is 1. The molecule has 3 N–H and O–H groups in total. The normalized spacial score (nSPS) is 12.9. The van der Waals surface area contributed by atoms with E-state index in [0.29, 0.717) is 18.7 Å². The van der Waals surface area contributed by atoms with Gasteiger partial charge in [-0.15, -0.1) is 0 Å². The van der Waals surface area contributed by atoms with E-state index in [0.717, 1.165) is 12.2 Å². The first-order chi connectivity index (χ1) is 10.7. The van der Waals surface area contributed by atoms with Gasteiger partial charge in [0.05, 0.1) is 6.10 Å². The van der Waals surface area contributed by atoms with E-state index in [9.17, 15) is 19.1 Å². The second-order valence-corrected chi connectivity index (χ2v) is 6.26. The molecule has 0 fully saturated rings. The summed E-state index contributed by atoms with van der Waals surface area (Å²) >= 11 is 0. The number of hydrogen-bond acceptors (Lipinski definition) is 3. The molecule has 0 spiro atoms. The quantitative estimate of drug-likeness (QED) is 0.674. The molecule has 0 saturated carbocycles. The van der Waals surface area contributed by atoms with Gasteiger partial charge in [0, 0.05) is 24.4 Å². The van der Waals surface area contributed by atoms with Gasteiger partial charge < -0.3 is 15.7 Å². The van der Waals surface area contributed by atoms with E-state index >= 15 is 0 Å². The van der Waals surface area contributed by atoms with E-state index < -0.39 is 23.7 Å². The SMILES string of the molecule is CC(O)CC(C)(C)CNC(=O)/C=C/C(=O)Nc1ccc(F)cc1. The zero-order valence-corrected chi connectivity index (χ0v) is 13.6. The van der Waals surface area contributed by atoms with Crippen LogP contribution in [0.15, 0.2) is 36.4 Å². The highest BCUT2D eigenvalue weighted by atomic mass is 19.1. The van der Waals surface area contributed by atoms with E-state index in [1.165, 1.54) is 24.3 Å². The molecule has 0 aliphatic carbocycles. The number of benzene rings is 1. The fourth-order valence-corrected chi connectivity index (χ4v) is 2.13. The molecular weight excluding hydrogens is 299 g/mol. The van der Waals surface area contributed by atoms with Crippen LogP contribution in [0.4, 0.5) is 10.1 Å². The Morgan fingerprint density at radius 3 is 2.35 bits per heavy atom. The highest BCUT2D eigenvalue weighted by Gasteiger charge is 2.20. The number of rotatable bonds is 7. The summed E-state index contributed by atoms with van der Waals surface area (Å²) in [6.07, 6.45) is 2.36. The Hall–Kier alpha value is -2.21. The van der Waals surface area contributed by atoms with Gasteiger partial charge in [0.25, 0.3) is 0 Å². The maximum Gasteiger partial charge on any atom is 0.248 e. The van der Waals surface area contributed by atoms with Gasteiger partial charge in [-0.05, 0) is 43.0 Å². The van der Waals surface area contributed by atoms with Gasteiger partial charge in [0.2, 0.25) is 11.8 Å². The summed E-state index contributed by atoms with van der Waals surface area (Å²) in [4.78, 5) is 23.3. The molecule has 1 aromatic carbocycles. The van der Waals surface area contributed by atoms with Crippen molar-refractivity contribution in [1.29, 1.82) is 0 Å². The average molecular weight is 322 g/mol. The molecule has 5 nitrogen and oxygen atoms in total. The minimum Gasteiger partial charge on any atom is -0.393 e. The minimum absolute atomic E-state index is 0.242. The molecule has 0 bridgehead atoms. The van der Waals surface area contributed by atoms with Crippen molar-refractivity contribution in [2.45, 2.75) is 33.3 Å². The number of carbonyl (C=O) groups excluding carboxylic acids is 2. The molecule has 6 heteroatoms. The van der Waals surface area contributed by atoms with Crippen LogP contribution in [-0.4, -0.2) is 29.6 Å². The first-order valence-electron chi connectivity index (χ1n) is 7.38. The average Bonchev–Trinajstić information content (AvgIpc) is 2.44. The van der Waals surface area contributed by atoms with Gasteiger partial charge in [0.15, 0.2) is 0 Å².